The molecule has 0 aliphatic rings. The fourth-order valence-electron chi connectivity index (χ4n) is 2.94. The van der Waals surface area contributed by atoms with Crippen molar-refractivity contribution in [2.75, 3.05) is 13.1 Å². The van der Waals surface area contributed by atoms with Crippen LogP contribution in [0.3, 0.4) is 0 Å². The van der Waals surface area contributed by atoms with Crippen molar-refractivity contribution in [2.24, 2.45) is 5.41 Å². The zero-order chi connectivity index (χ0) is 20.9. The Morgan fingerprint density at radius 3 is 1.93 bits per heavy atom. The molecule has 0 saturated heterocycles. The molecule has 0 bridgehead atoms. The summed E-state index contributed by atoms with van der Waals surface area (Å²) in [5, 5.41) is 3.88. The molecule has 156 valence electrons. The number of rotatable bonds is 10. The van der Waals surface area contributed by atoms with Crippen LogP contribution in [0, 0.1) is 5.41 Å². The Balaban J connectivity index is 3.09. The summed E-state index contributed by atoms with van der Waals surface area (Å²) in [5.74, 6) is 0. The molecular formula is C19H30Cl2F3NOSi. The Bertz CT molecular complexity index is 579. The SMILES string of the molecule is CC[Si](CC)(CC)OC(CNCC(C)(C)C(F)(F)F)c1c(Cl)cccc1Cl. The first-order valence-corrected chi connectivity index (χ1v) is 12.6. The van der Waals surface area contributed by atoms with Crippen LogP contribution in [0.2, 0.25) is 28.2 Å². The highest BCUT2D eigenvalue weighted by Gasteiger charge is 2.47. The van der Waals surface area contributed by atoms with Crippen LogP contribution >= 0.6 is 23.2 Å². The van der Waals surface area contributed by atoms with E-state index in [4.69, 9.17) is 27.6 Å². The molecule has 0 heterocycles. The van der Waals surface area contributed by atoms with Gasteiger partial charge in [-0.15, -0.1) is 0 Å². The highest BCUT2D eigenvalue weighted by molar-refractivity contribution is 6.73. The molecule has 1 N–H and O–H groups in total. The minimum Gasteiger partial charge on any atom is -0.409 e. The summed E-state index contributed by atoms with van der Waals surface area (Å²) in [4.78, 5) is 0. The molecule has 2 nitrogen and oxygen atoms in total. The standard InChI is InChI=1S/C19H30Cl2F3NOSi/c1-6-27(7-2,8-3)26-16(17-14(20)10-9-11-15(17)21)12-25-13-18(4,5)19(22,23)24/h9-11,16,25H,6-8,12-13H2,1-5H3. The van der Waals surface area contributed by atoms with Gasteiger partial charge in [0.2, 0.25) is 0 Å². The van der Waals surface area contributed by atoms with Crippen LogP contribution in [-0.4, -0.2) is 27.6 Å². The molecule has 0 aromatic heterocycles. The van der Waals surface area contributed by atoms with Gasteiger partial charge in [-0.1, -0.05) is 50.0 Å². The van der Waals surface area contributed by atoms with Crippen LogP contribution in [-0.2, 0) is 4.43 Å². The largest absolute Gasteiger partial charge is 0.409 e. The van der Waals surface area contributed by atoms with Gasteiger partial charge >= 0.3 is 6.18 Å². The van der Waals surface area contributed by atoms with Gasteiger partial charge in [-0.05, 0) is 44.1 Å². The highest BCUT2D eigenvalue weighted by atomic mass is 35.5. The molecule has 0 saturated carbocycles. The third-order valence-corrected chi connectivity index (χ3v) is 10.6. The predicted molar refractivity (Wildman–Crippen MR) is 110 cm³/mol. The average Bonchev–Trinajstić information content (AvgIpc) is 2.58. The van der Waals surface area contributed by atoms with E-state index in [1.807, 2.05) is 0 Å². The van der Waals surface area contributed by atoms with Crippen LogP contribution in [0.4, 0.5) is 13.2 Å². The molecule has 1 aromatic carbocycles. The third kappa shape index (κ3) is 6.36. The van der Waals surface area contributed by atoms with E-state index < -0.39 is 26.0 Å². The van der Waals surface area contributed by atoms with Crippen molar-refractivity contribution in [3.05, 3.63) is 33.8 Å². The molecule has 1 atom stereocenters. The summed E-state index contributed by atoms with van der Waals surface area (Å²) in [6.45, 7) is 8.68. The van der Waals surface area contributed by atoms with E-state index in [1.54, 1.807) is 18.2 Å². The molecule has 27 heavy (non-hydrogen) atoms. The zero-order valence-corrected chi connectivity index (χ0v) is 19.2. The molecule has 8 heteroatoms. The number of halogens is 5. The molecule has 0 radical (unpaired) electrons. The Labute approximate surface area is 171 Å². The second-order valence-electron chi connectivity index (χ2n) is 7.50. The zero-order valence-electron chi connectivity index (χ0n) is 16.6. The van der Waals surface area contributed by atoms with Crippen molar-refractivity contribution in [3.63, 3.8) is 0 Å². The van der Waals surface area contributed by atoms with Crippen molar-refractivity contribution in [1.29, 1.82) is 0 Å². The van der Waals surface area contributed by atoms with E-state index >= 15 is 0 Å². The molecule has 1 rings (SSSR count). The summed E-state index contributed by atoms with van der Waals surface area (Å²) >= 11 is 12.7. The van der Waals surface area contributed by atoms with Crippen LogP contribution in [0.1, 0.15) is 46.3 Å². The topological polar surface area (TPSA) is 21.3 Å². The van der Waals surface area contributed by atoms with E-state index in [0.29, 0.717) is 15.6 Å². The lowest BCUT2D eigenvalue weighted by atomic mass is 9.92. The van der Waals surface area contributed by atoms with Gasteiger partial charge in [-0.25, -0.2) is 0 Å². The van der Waals surface area contributed by atoms with Gasteiger partial charge in [-0.3, -0.25) is 0 Å². The minimum absolute atomic E-state index is 0.211. The van der Waals surface area contributed by atoms with Crippen molar-refractivity contribution >= 4 is 31.5 Å². The average molecular weight is 444 g/mol. The fourth-order valence-corrected chi connectivity index (χ4v) is 6.38. The Hall–Kier alpha value is -0.273. The van der Waals surface area contributed by atoms with Crippen molar-refractivity contribution in [3.8, 4) is 0 Å². The van der Waals surface area contributed by atoms with Crippen molar-refractivity contribution < 1.29 is 17.6 Å². The maximum absolute atomic E-state index is 13.1. The minimum atomic E-state index is -4.28. The normalized spacial score (nSPS) is 14.4. The first-order valence-electron chi connectivity index (χ1n) is 9.32. The van der Waals surface area contributed by atoms with Crippen molar-refractivity contribution in [1.82, 2.24) is 5.32 Å². The van der Waals surface area contributed by atoms with E-state index in [-0.39, 0.29) is 13.1 Å². The van der Waals surface area contributed by atoms with Gasteiger partial charge in [0.1, 0.15) is 0 Å². The number of benzene rings is 1. The quantitative estimate of drug-likeness (QED) is 0.384. The summed E-state index contributed by atoms with van der Waals surface area (Å²) < 4.78 is 46.0. The first-order chi connectivity index (χ1) is 12.4. The van der Waals surface area contributed by atoms with Gasteiger partial charge in [0.05, 0.1) is 11.5 Å². The molecule has 0 spiro atoms. The number of hydrogen-bond donors (Lipinski definition) is 1. The van der Waals surface area contributed by atoms with E-state index in [1.165, 1.54) is 13.8 Å². The van der Waals surface area contributed by atoms with Gasteiger partial charge in [-0.2, -0.15) is 13.2 Å². The lowest BCUT2D eigenvalue weighted by molar-refractivity contribution is -0.209. The van der Waals surface area contributed by atoms with Crippen molar-refractivity contribution in [2.45, 2.75) is 65.0 Å². The number of nitrogens with one attached hydrogen (secondary N) is 1. The molecule has 0 aliphatic heterocycles. The Morgan fingerprint density at radius 2 is 1.52 bits per heavy atom. The summed E-state index contributed by atoms with van der Waals surface area (Å²) in [5.41, 5.74) is -1.19. The smallest absolute Gasteiger partial charge is 0.395 e. The third-order valence-electron chi connectivity index (χ3n) is 5.31. The van der Waals surface area contributed by atoms with Crippen LogP contribution < -0.4 is 5.32 Å². The second kappa shape index (κ2) is 9.97. The molecule has 0 aliphatic carbocycles. The highest BCUT2D eigenvalue weighted by Crippen LogP contribution is 2.38. The van der Waals surface area contributed by atoms with E-state index in [9.17, 15) is 13.2 Å². The number of alkyl halides is 3. The Morgan fingerprint density at radius 1 is 1.04 bits per heavy atom. The lowest BCUT2D eigenvalue weighted by Crippen LogP contribution is -2.44. The Kier molecular flexibility index (Phi) is 9.14. The fraction of sp³-hybridized carbons (Fsp3) is 0.684. The first kappa shape index (κ1) is 24.8. The summed E-state index contributed by atoms with van der Waals surface area (Å²) in [6.07, 6.45) is -4.77. The van der Waals surface area contributed by atoms with E-state index in [0.717, 1.165) is 18.1 Å². The molecule has 0 amide bonds. The van der Waals surface area contributed by atoms with Crippen LogP contribution in [0.15, 0.2) is 18.2 Å². The van der Waals surface area contributed by atoms with Gasteiger partial charge < -0.3 is 9.74 Å². The molecular weight excluding hydrogens is 414 g/mol. The van der Waals surface area contributed by atoms with Gasteiger partial charge in [0.25, 0.3) is 0 Å². The van der Waals surface area contributed by atoms with Gasteiger partial charge in [0, 0.05) is 28.7 Å². The molecule has 1 unspecified atom stereocenters. The van der Waals surface area contributed by atoms with Gasteiger partial charge in [0.15, 0.2) is 8.32 Å². The van der Waals surface area contributed by atoms with E-state index in [2.05, 4.69) is 26.1 Å². The second-order valence-corrected chi connectivity index (χ2v) is 13.0. The molecule has 1 aromatic rings. The summed E-state index contributed by atoms with van der Waals surface area (Å²) in [7, 11) is -2.02. The predicted octanol–water partition coefficient (Wildman–Crippen LogP) is 7.23. The summed E-state index contributed by atoms with van der Waals surface area (Å²) in [6, 6.07) is 7.97. The lowest BCUT2D eigenvalue weighted by Gasteiger charge is -2.35. The van der Waals surface area contributed by atoms with Crippen LogP contribution in [0.5, 0.6) is 0 Å². The maximum Gasteiger partial charge on any atom is 0.395 e. The van der Waals surface area contributed by atoms with Crippen LogP contribution in [0.25, 0.3) is 0 Å². The molecule has 0 fully saturated rings. The maximum atomic E-state index is 13.1. The number of hydrogen-bond acceptors (Lipinski definition) is 2. The monoisotopic (exact) mass is 443 g/mol.